The summed E-state index contributed by atoms with van der Waals surface area (Å²) in [5.74, 6) is 0.859. The lowest BCUT2D eigenvalue weighted by molar-refractivity contribution is -0.0286. The molecule has 0 aromatic heterocycles. The summed E-state index contributed by atoms with van der Waals surface area (Å²) in [5, 5.41) is 10.1. The number of rotatable bonds is 0. The summed E-state index contributed by atoms with van der Waals surface area (Å²) in [6.07, 6.45) is 13.1. The van der Waals surface area contributed by atoms with Crippen LogP contribution >= 0.6 is 0 Å². The van der Waals surface area contributed by atoms with E-state index in [0.29, 0.717) is 5.41 Å². The Morgan fingerprint density at radius 3 is 2.81 bits per heavy atom. The largest absolute Gasteiger partial charge is 0.389 e. The van der Waals surface area contributed by atoms with E-state index >= 15 is 0 Å². The van der Waals surface area contributed by atoms with Gasteiger partial charge in [-0.05, 0) is 62.6 Å². The summed E-state index contributed by atoms with van der Waals surface area (Å²) in [7, 11) is 2.32. The molecular formula is C19H31NO. The molecule has 3 aliphatic carbocycles. The molecule has 118 valence electrons. The minimum Gasteiger partial charge on any atom is -0.389 e. The van der Waals surface area contributed by atoms with E-state index < -0.39 is 0 Å². The second-order valence-corrected chi connectivity index (χ2v) is 7.14. The highest BCUT2D eigenvalue weighted by atomic mass is 16.3. The second-order valence-electron chi connectivity index (χ2n) is 7.14. The third-order valence-corrected chi connectivity index (χ3v) is 6.39. The first-order valence-electron chi connectivity index (χ1n) is 9.00. The van der Waals surface area contributed by atoms with Crippen molar-refractivity contribution in [3.8, 4) is 0 Å². The topological polar surface area (TPSA) is 23.5 Å². The molecule has 2 fully saturated rings. The van der Waals surface area contributed by atoms with Crippen molar-refractivity contribution in [2.45, 2.75) is 70.9 Å². The molecule has 0 spiro atoms. The van der Waals surface area contributed by atoms with Gasteiger partial charge in [0, 0.05) is 6.04 Å². The fourth-order valence-corrected chi connectivity index (χ4v) is 5.49. The van der Waals surface area contributed by atoms with Crippen molar-refractivity contribution >= 4 is 0 Å². The molecule has 1 N–H and O–H groups in total. The van der Waals surface area contributed by atoms with E-state index in [1.165, 1.54) is 45.1 Å². The quantitative estimate of drug-likeness (QED) is 0.731. The van der Waals surface area contributed by atoms with Crippen molar-refractivity contribution < 1.29 is 5.11 Å². The molecule has 4 atom stereocenters. The van der Waals surface area contributed by atoms with Gasteiger partial charge in [0.25, 0.3) is 0 Å². The van der Waals surface area contributed by atoms with Crippen LogP contribution in [0.4, 0.5) is 0 Å². The maximum atomic E-state index is 10.1. The monoisotopic (exact) mass is 289 g/mol. The minimum absolute atomic E-state index is 0.230. The van der Waals surface area contributed by atoms with Crippen LogP contribution in [0.3, 0.4) is 0 Å². The Morgan fingerprint density at radius 2 is 2.00 bits per heavy atom. The van der Waals surface area contributed by atoms with Crippen molar-refractivity contribution in [2.75, 3.05) is 13.6 Å². The molecule has 1 saturated heterocycles. The van der Waals surface area contributed by atoms with Gasteiger partial charge in [0.2, 0.25) is 0 Å². The van der Waals surface area contributed by atoms with Gasteiger partial charge in [-0.15, -0.1) is 0 Å². The van der Waals surface area contributed by atoms with Crippen molar-refractivity contribution in [3.63, 3.8) is 0 Å². The van der Waals surface area contributed by atoms with Gasteiger partial charge in [-0.3, -0.25) is 0 Å². The highest BCUT2D eigenvalue weighted by molar-refractivity contribution is 5.41. The van der Waals surface area contributed by atoms with Crippen molar-refractivity contribution in [1.82, 2.24) is 4.90 Å². The summed E-state index contributed by atoms with van der Waals surface area (Å²) >= 11 is 0. The second kappa shape index (κ2) is 5.89. The van der Waals surface area contributed by atoms with Gasteiger partial charge in [0.05, 0.1) is 6.10 Å². The van der Waals surface area contributed by atoms with Crippen molar-refractivity contribution in [3.05, 3.63) is 23.3 Å². The van der Waals surface area contributed by atoms with Crippen LogP contribution in [0.5, 0.6) is 0 Å². The molecule has 2 bridgehead atoms. The Labute approximate surface area is 129 Å². The van der Waals surface area contributed by atoms with Gasteiger partial charge < -0.3 is 10.0 Å². The normalized spacial score (nSPS) is 41.8. The maximum absolute atomic E-state index is 10.1. The predicted octanol–water partition coefficient (Wildman–Crippen LogP) is 3.91. The predicted molar refractivity (Wildman–Crippen MR) is 88.2 cm³/mol. The van der Waals surface area contributed by atoms with Crippen molar-refractivity contribution in [1.29, 1.82) is 0 Å². The molecule has 4 aliphatic rings. The molecule has 21 heavy (non-hydrogen) atoms. The van der Waals surface area contributed by atoms with Crippen LogP contribution in [0.2, 0.25) is 0 Å². The van der Waals surface area contributed by atoms with E-state index in [0.717, 1.165) is 18.4 Å². The van der Waals surface area contributed by atoms with Crippen LogP contribution in [0.1, 0.15) is 58.8 Å². The van der Waals surface area contributed by atoms with Crippen LogP contribution in [-0.2, 0) is 0 Å². The molecule has 1 heterocycles. The lowest BCUT2D eigenvalue weighted by Crippen LogP contribution is -2.57. The first kappa shape index (κ1) is 15.3. The van der Waals surface area contributed by atoms with Gasteiger partial charge in [0.1, 0.15) is 0 Å². The first-order valence-corrected chi connectivity index (χ1v) is 9.00. The summed E-state index contributed by atoms with van der Waals surface area (Å²) in [4.78, 5) is 2.61. The summed E-state index contributed by atoms with van der Waals surface area (Å²) in [6.45, 7) is 5.25. The molecule has 2 heteroatoms. The molecule has 0 aromatic carbocycles. The SMILES string of the molecule is CC.CN1CC[C@]23CCCCC2C1CC1=C3C[C@@H](O)C=C1. The molecular weight excluding hydrogens is 258 g/mol. The van der Waals surface area contributed by atoms with E-state index in [9.17, 15) is 5.11 Å². The van der Waals surface area contributed by atoms with Gasteiger partial charge in [-0.2, -0.15) is 0 Å². The van der Waals surface area contributed by atoms with Crippen molar-refractivity contribution in [2.24, 2.45) is 11.3 Å². The third-order valence-electron chi connectivity index (χ3n) is 6.39. The summed E-state index contributed by atoms with van der Waals surface area (Å²) < 4.78 is 0. The number of hydrogen-bond donors (Lipinski definition) is 1. The van der Waals surface area contributed by atoms with E-state index in [1.807, 2.05) is 19.9 Å². The summed E-state index contributed by atoms with van der Waals surface area (Å²) in [5.41, 5.74) is 3.67. The van der Waals surface area contributed by atoms with Gasteiger partial charge >= 0.3 is 0 Å². The number of aliphatic hydroxyl groups is 1. The number of hydrogen-bond acceptors (Lipinski definition) is 2. The Morgan fingerprint density at radius 1 is 1.19 bits per heavy atom. The zero-order chi connectivity index (χ0) is 15.0. The zero-order valence-corrected chi connectivity index (χ0v) is 13.9. The smallest absolute Gasteiger partial charge is 0.0761 e. The molecule has 0 radical (unpaired) electrons. The Kier molecular flexibility index (Phi) is 4.29. The van der Waals surface area contributed by atoms with E-state index in [1.54, 1.807) is 11.1 Å². The fraction of sp³-hybridized carbons (Fsp3) is 0.789. The molecule has 0 aromatic rings. The van der Waals surface area contributed by atoms with Gasteiger partial charge in [0.15, 0.2) is 0 Å². The Bertz CT molecular complexity index is 452. The zero-order valence-electron chi connectivity index (χ0n) is 13.9. The number of likely N-dealkylation sites (tertiary alicyclic amines) is 1. The van der Waals surface area contributed by atoms with Gasteiger partial charge in [-0.1, -0.05) is 44.4 Å². The minimum atomic E-state index is -0.230. The standard InChI is InChI=1S/C17H25NO.C2H6/c1-18-9-8-17-7-3-2-4-14(17)16(18)10-12-5-6-13(19)11-15(12)17;1-2/h5-6,13-14,16,19H,2-4,7-11H2,1H3;1-2H3/t13-,14?,16?,17+;/m0./s1. The van der Waals surface area contributed by atoms with Crippen LogP contribution in [-0.4, -0.2) is 35.7 Å². The highest BCUT2D eigenvalue weighted by Gasteiger charge is 2.54. The Hall–Kier alpha value is -0.600. The molecule has 0 amide bonds. The third kappa shape index (κ3) is 2.31. The van der Waals surface area contributed by atoms with E-state index in [-0.39, 0.29) is 6.10 Å². The summed E-state index contributed by atoms with van der Waals surface area (Å²) in [6, 6.07) is 0.757. The number of nitrogens with zero attached hydrogens (tertiary/aromatic N) is 1. The maximum Gasteiger partial charge on any atom is 0.0761 e. The number of piperidine rings is 1. The lowest BCUT2D eigenvalue weighted by Gasteiger charge is -2.59. The first-order chi connectivity index (χ1) is 10.2. The van der Waals surface area contributed by atoms with Crippen LogP contribution in [0.25, 0.3) is 0 Å². The number of allylic oxidation sites excluding steroid dienone is 1. The van der Waals surface area contributed by atoms with Crippen LogP contribution in [0, 0.1) is 11.3 Å². The molecule has 1 saturated carbocycles. The fourth-order valence-electron chi connectivity index (χ4n) is 5.49. The average Bonchev–Trinajstić information content (AvgIpc) is 2.53. The molecule has 4 rings (SSSR count). The van der Waals surface area contributed by atoms with Crippen LogP contribution < -0.4 is 0 Å². The molecule has 1 aliphatic heterocycles. The molecule has 2 nitrogen and oxygen atoms in total. The average molecular weight is 289 g/mol. The van der Waals surface area contributed by atoms with Gasteiger partial charge in [-0.25, -0.2) is 0 Å². The Balaban J connectivity index is 0.000000636. The lowest BCUT2D eigenvalue weighted by atomic mass is 9.51. The molecule has 2 unspecified atom stereocenters. The van der Waals surface area contributed by atoms with Crippen LogP contribution in [0.15, 0.2) is 23.3 Å². The van der Waals surface area contributed by atoms with E-state index in [4.69, 9.17) is 0 Å². The highest BCUT2D eigenvalue weighted by Crippen LogP contribution is 2.60. The van der Waals surface area contributed by atoms with E-state index in [2.05, 4.69) is 18.0 Å². The number of aliphatic hydroxyl groups excluding tert-OH is 1.